The van der Waals surface area contributed by atoms with Crippen molar-refractivity contribution in [3.8, 4) is 5.75 Å². The van der Waals surface area contributed by atoms with Crippen LogP contribution in [0.25, 0.3) is 0 Å². The summed E-state index contributed by atoms with van der Waals surface area (Å²) in [5.74, 6) is -0.0260. The van der Waals surface area contributed by atoms with Crippen LogP contribution in [0.2, 0.25) is 0 Å². The zero-order chi connectivity index (χ0) is 19.9. The molecule has 0 aromatic heterocycles. The molecule has 0 aliphatic rings. The third-order valence-electron chi connectivity index (χ3n) is 4.29. The highest BCUT2D eigenvalue weighted by Gasteiger charge is 2.14. The molecule has 0 unspecified atom stereocenters. The third-order valence-corrected chi connectivity index (χ3v) is 4.29. The molecule has 3 rings (SSSR count). The molecule has 0 bridgehead atoms. The summed E-state index contributed by atoms with van der Waals surface area (Å²) in [6.07, 6.45) is 0. The van der Waals surface area contributed by atoms with E-state index in [1.54, 1.807) is 55.6 Å². The maximum atomic E-state index is 12.9. The molecular weight excluding hydrogens is 357 g/mol. The minimum absolute atomic E-state index is 0.0827. The van der Waals surface area contributed by atoms with Gasteiger partial charge in [-0.25, -0.2) is 4.39 Å². The molecule has 3 aromatic carbocycles. The van der Waals surface area contributed by atoms with Crippen molar-refractivity contribution < 1.29 is 18.7 Å². The lowest BCUT2D eigenvalue weighted by Crippen LogP contribution is -2.30. The number of hydrogen-bond donors (Lipinski definition) is 0. The predicted octanol–water partition coefficient (Wildman–Crippen LogP) is 4.21. The number of amides is 1. The maximum absolute atomic E-state index is 12.9. The average molecular weight is 377 g/mol. The number of carbonyl (C=O) groups excluding carboxylic acids is 2. The van der Waals surface area contributed by atoms with Gasteiger partial charge in [-0.2, -0.15) is 0 Å². The number of halogens is 1. The zero-order valence-corrected chi connectivity index (χ0v) is 15.5. The SMILES string of the molecule is CN(CCOc1ccc(F)cc1)C(=O)c1ccc(C(=O)c2ccccc2)cc1. The van der Waals surface area contributed by atoms with E-state index >= 15 is 0 Å². The highest BCUT2D eigenvalue weighted by atomic mass is 19.1. The van der Waals surface area contributed by atoms with Gasteiger partial charge in [0.2, 0.25) is 0 Å². The standard InChI is InChI=1S/C23H20FNO3/c1-25(15-16-28-21-13-11-20(24)12-14-21)23(27)19-9-7-18(8-10-19)22(26)17-5-3-2-4-6-17/h2-14H,15-16H2,1H3. The van der Waals surface area contributed by atoms with Crippen LogP contribution in [-0.2, 0) is 0 Å². The van der Waals surface area contributed by atoms with Gasteiger partial charge in [0.15, 0.2) is 5.78 Å². The monoisotopic (exact) mass is 377 g/mol. The van der Waals surface area contributed by atoms with E-state index in [1.807, 2.05) is 18.2 Å². The van der Waals surface area contributed by atoms with E-state index in [9.17, 15) is 14.0 Å². The van der Waals surface area contributed by atoms with Crippen molar-refractivity contribution in [3.63, 3.8) is 0 Å². The van der Waals surface area contributed by atoms with E-state index in [1.165, 1.54) is 17.0 Å². The molecule has 3 aromatic rings. The first kappa shape index (κ1) is 19.3. The van der Waals surface area contributed by atoms with E-state index in [4.69, 9.17) is 4.74 Å². The second kappa shape index (κ2) is 8.95. The van der Waals surface area contributed by atoms with Gasteiger partial charge in [0.25, 0.3) is 5.91 Å². The molecule has 0 spiro atoms. The number of hydrogen-bond acceptors (Lipinski definition) is 3. The molecule has 0 aliphatic heterocycles. The Morgan fingerprint density at radius 1 is 0.821 bits per heavy atom. The van der Waals surface area contributed by atoms with Crippen molar-refractivity contribution in [3.05, 3.63) is 101 Å². The molecule has 0 heterocycles. The molecule has 0 atom stereocenters. The normalized spacial score (nSPS) is 10.4. The molecular formula is C23H20FNO3. The first-order chi connectivity index (χ1) is 13.5. The van der Waals surface area contributed by atoms with E-state index in [0.717, 1.165) is 0 Å². The Kier molecular flexibility index (Phi) is 6.17. The van der Waals surface area contributed by atoms with Crippen molar-refractivity contribution in [2.75, 3.05) is 20.2 Å². The van der Waals surface area contributed by atoms with Gasteiger partial charge in [-0.05, 0) is 36.4 Å². The fraction of sp³-hybridized carbons (Fsp3) is 0.130. The first-order valence-corrected chi connectivity index (χ1v) is 8.88. The molecule has 0 saturated carbocycles. The fourth-order valence-electron chi connectivity index (χ4n) is 2.67. The summed E-state index contributed by atoms with van der Waals surface area (Å²) in [7, 11) is 1.68. The van der Waals surface area contributed by atoms with Crippen LogP contribution >= 0.6 is 0 Å². The van der Waals surface area contributed by atoms with Crippen LogP contribution in [0.15, 0.2) is 78.9 Å². The van der Waals surface area contributed by atoms with Gasteiger partial charge in [0, 0.05) is 23.7 Å². The minimum atomic E-state index is -0.325. The van der Waals surface area contributed by atoms with Crippen LogP contribution in [0.1, 0.15) is 26.3 Å². The third kappa shape index (κ3) is 4.82. The molecule has 0 radical (unpaired) electrons. The summed E-state index contributed by atoms with van der Waals surface area (Å²) in [4.78, 5) is 26.5. The highest BCUT2D eigenvalue weighted by molar-refractivity contribution is 6.09. The van der Waals surface area contributed by atoms with Crippen molar-refractivity contribution in [2.45, 2.75) is 0 Å². The summed E-state index contributed by atoms with van der Waals surface area (Å²) in [5.41, 5.74) is 1.63. The van der Waals surface area contributed by atoms with Crippen molar-refractivity contribution >= 4 is 11.7 Å². The summed E-state index contributed by atoms with van der Waals surface area (Å²) >= 11 is 0. The van der Waals surface area contributed by atoms with Gasteiger partial charge in [-0.1, -0.05) is 42.5 Å². The van der Waals surface area contributed by atoms with Crippen molar-refractivity contribution in [2.24, 2.45) is 0 Å². The second-order valence-electron chi connectivity index (χ2n) is 6.30. The predicted molar refractivity (Wildman–Crippen MR) is 105 cm³/mol. The quantitative estimate of drug-likeness (QED) is 0.580. The summed E-state index contributed by atoms with van der Waals surface area (Å²) in [6, 6.07) is 21.3. The fourth-order valence-corrected chi connectivity index (χ4v) is 2.67. The lowest BCUT2D eigenvalue weighted by Gasteiger charge is -2.17. The number of nitrogens with zero attached hydrogens (tertiary/aromatic N) is 1. The number of rotatable bonds is 7. The van der Waals surface area contributed by atoms with Crippen molar-refractivity contribution in [1.82, 2.24) is 4.90 Å². The van der Waals surface area contributed by atoms with Gasteiger partial charge >= 0.3 is 0 Å². The molecule has 5 heteroatoms. The topological polar surface area (TPSA) is 46.6 Å². The summed E-state index contributed by atoms with van der Waals surface area (Å²) in [6.45, 7) is 0.666. The second-order valence-corrected chi connectivity index (χ2v) is 6.30. The molecule has 142 valence electrons. The Labute approximate surface area is 163 Å². The molecule has 0 aliphatic carbocycles. The van der Waals surface area contributed by atoms with Crippen LogP contribution in [0, 0.1) is 5.82 Å². The summed E-state index contributed by atoms with van der Waals surface area (Å²) in [5, 5.41) is 0. The Bertz CT molecular complexity index is 938. The number of carbonyl (C=O) groups is 2. The Morgan fingerprint density at radius 3 is 2.04 bits per heavy atom. The van der Waals surface area contributed by atoms with Crippen LogP contribution in [-0.4, -0.2) is 36.8 Å². The Balaban J connectivity index is 1.56. The number of ketones is 1. The first-order valence-electron chi connectivity index (χ1n) is 8.88. The number of benzene rings is 3. The molecule has 28 heavy (non-hydrogen) atoms. The van der Waals surface area contributed by atoms with Crippen LogP contribution in [0.4, 0.5) is 4.39 Å². The summed E-state index contributed by atoms with van der Waals surface area (Å²) < 4.78 is 18.4. The van der Waals surface area contributed by atoms with E-state index in [0.29, 0.717) is 35.6 Å². The Hall–Kier alpha value is -3.47. The highest BCUT2D eigenvalue weighted by Crippen LogP contribution is 2.13. The number of likely N-dealkylation sites (N-methyl/N-ethyl adjacent to an activating group) is 1. The average Bonchev–Trinajstić information content (AvgIpc) is 2.74. The maximum Gasteiger partial charge on any atom is 0.253 e. The largest absolute Gasteiger partial charge is 0.492 e. The van der Waals surface area contributed by atoms with Gasteiger partial charge in [0.05, 0.1) is 6.54 Å². The number of ether oxygens (including phenoxy) is 1. The molecule has 0 fully saturated rings. The molecule has 4 nitrogen and oxygen atoms in total. The molecule has 0 saturated heterocycles. The van der Waals surface area contributed by atoms with Crippen LogP contribution in [0.5, 0.6) is 5.75 Å². The van der Waals surface area contributed by atoms with E-state index in [-0.39, 0.29) is 17.5 Å². The minimum Gasteiger partial charge on any atom is -0.492 e. The van der Waals surface area contributed by atoms with Crippen molar-refractivity contribution in [1.29, 1.82) is 0 Å². The lowest BCUT2D eigenvalue weighted by atomic mass is 10.0. The smallest absolute Gasteiger partial charge is 0.253 e. The van der Waals surface area contributed by atoms with Gasteiger partial charge in [-0.3, -0.25) is 9.59 Å². The van der Waals surface area contributed by atoms with E-state index in [2.05, 4.69) is 0 Å². The zero-order valence-electron chi connectivity index (χ0n) is 15.5. The lowest BCUT2D eigenvalue weighted by molar-refractivity contribution is 0.0773. The molecule has 0 N–H and O–H groups in total. The van der Waals surface area contributed by atoms with Gasteiger partial charge in [-0.15, -0.1) is 0 Å². The molecule has 1 amide bonds. The van der Waals surface area contributed by atoms with Crippen LogP contribution < -0.4 is 4.74 Å². The van der Waals surface area contributed by atoms with Crippen LogP contribution in [0.3, 0.4) is 0 Å². The Morgan fingerprint density at radius 2 is 1.39 bits per heavy atom. The van der Waals surface area contributed by atoms with Gasteiger partial charge < -0.3 is 9.64 Å². The van der Waals surface area contributed by atoms with E-state index < -0.39 is 0 Å². The van der Waals surface area contributed by atoms with Gasteiger partial charge in [0.1, 0.15) is 18.2 Å².